The van der Waals surface area contributed by atoms with Crippen molar-refractivity contribution in [2.75, 3.05) is 5.32 Å². The quantitative estimate of drug-likeness (QED) is 0.633. The van der Waals surface area contributed by atoms with Crippen molar-refractivity contribution in [2.24, 2.45) is 5.92 Å². The molecule has 1 N–H and O–H groups in total. The summed E-state index contributed by atoms with van der Waals surface area (Å²) in [6.07, 6.45) is -2.50. The summed E-state index contributed by atoms with van der Waals surface area (Å²) in [6.45, 7) is 2.06. The number of nitrogens with zero attached hydrogens (tertiary/aromatic N) is 3. The van der Waals surface area contributed by atoms with Crippen molar-refractivity contribution < 1.29 is 17.9 Å². The zero-order valence-electron chi connectivity index (χ0n) is 15.5. The number of para-hydroxylation sites is 1. The van der Waals surface area contributed by atoms with Gasteiger partial charge in [0, 0.05) is 17.0 Å². The monoisotopic (exact) mass is 398 g/mol. The molecule has 1 unspecified atom stereocenters. The normalized spacial score (nSPS) is 15.0. The van der Waals surface area contributed by atoms with Gasteiger partial charge < -0.3 is 10.1 Å². The predicted octanol–water partition coefficient (Wildman–Crippen LogP) is 5.28. The van der Waals surface area contributed by atoms with Crippen molar-refractivity contribution in [2.45, 2.75) is 32.2 Å². The molecule has 0 amide bonds. The second-order valence-corrected chi connectivity index (χ2v) is 7.08. The van der Waals surface area contributed by atoms with E-state index >= 15 is 0 Å². The van der Waals surface area contributed by atoms with Crippen LogP contribution in [0.15, 0.2) is 42.5 Å². The molecule has 4 rings (SSSR count). The highest BCUT2D eigenvalue weighted by atomic mass is 19.4. The standard InChI is InChI=1S/C21H17F3N4O/c1-12(13-6-7-13)26-20-16-9-8-14(10-17(16)27-28-18(20)11-25)15-4-2-3-5-19(15)29-21(22,23)24/h2-5,8-10,12-13H,6-7H2,1H3,(H,26,27). The topological polar surface area (TPSA) is 70.8 Å². The van der Waals surface area contributed by atoms with Crippen LogP contribution in [0.5, 0.6) is 5.75 Å². The zero-order chi connectivity index (χ0) is 20.6. The van der Waals surface area contributed by atoms with E-state index in [2.05, 4.69) is 33.2 Å². The van der Waals surface area contributed by atoms with Crippen LogP contribution in [-0.2, 0) is 0 Å². The van der Waals surface area contributed by atoms with E-state index in [0.717, 1.165) is 12.8 Å². The van der Waals surface area contributed by atoms with Gasteiger partial charge in [-0.2, -0.15) is 5.26 Å². The Labute approximate surface area is 165 Å². The molecule has 0 radical (unpaired) electrons. The molecule has 0 saturated heterocycles. The summed E-state index contributed by atoms with van der Waals surface area (Å²) in [6, 6.07) is 13.3. The van der Waals surface area contributed by atoms with Crippen LogP contribution in [0.25, 0.3) is 22.0 Å². The number of fused-ring (bicyclic) bond motifs is 1. The lowest BCUT2D eigenvalue weighted by molar-refractivity contribution is -0.274. The Bertz CT molecular complexity index is 1100. The molecular weight excluding hydrogens is 381 g/mol. The Kier molecular flexibility index (Phi) is 4.74. The average Bonchev–Trinajstić information content (AvgIpc) is 3.52. The van der Waals surface area contributed by atoms with E-state index < -0.39 is 6.36 Å². The molecule has 0 spiro atoms. The average molecular weight is 398 g/mol. The molecule has 148 valence electrons. The van der Waals surface area contributed by atoms with Crippen LogP contribution < -0.4 is 10.1 Å². The highest BCUT2D eigenvalue weighted by molar-refractivity contribution is 5.95. The van der Waals surface area contributed by atoms with Crippen LogP contribution in [0.3, 0.4) is 0 Å². The molecule has 1 aromatic heterocycles. The number of nitrogens with one attached hydrogen (secondary N) is 1. The van der Waals surface area contributed by atoms with Crippen LogP contribution in [0.4, 0.5) is 18.9 Å². The van der Waals surface area contributed by atoms with Crippen molar-refractivity contribution in [3.8, 4) is 22.9 Å². The Morgan fingerprint density at radius 3 is 2.62 bits per heavy atom. The molecule has 1 aliphatic rings. The maximum absolute atomic E-state index is 12.7. The van der Waals surface area contributed by atoms with E-state index in [1.807, 2.05) is 0 Å². The molecular formula is C21H17F3N4O. The fourth-order valence-corrected chi connectivity index (χ4v) is 3.36. The number of rotatable bonds is 5. The number of halogens is 3. The molecule has 1 saturated carbocycles. The minimum Gasteiger partial charge on any atom is -0.405 e. The summed E-state index contributed by atoms with van der Waals surface area (Å²) in [7, 11) is 0. The minimum atomic E-state index is -4.79. The maximum atomic E-state index is 12.7. The molecule has 8 heteroatoms. The lowest BCUT2D eigenvalue weighted by Crippen LogP contribution is -2.19. The van der Waals surface area contributed by atoms with Crippen LogP contribution in [-0.4, -0.2) is 22.6 Å². The van der Waals surface area contributed by atoms with Gasteiger partial charge in [-0.3, -0.25) is 0 Å². The molecule has 1 aliphatic carbocycles. The molecule has 3 aromatic rings. The third kappa shape index (κ3) is 4.09. The first kappa shape index (κ1) is 19.0. The smallest absolute Gasteiger partial charge is 0.405 e. The number of alkyl halides is 3. The molecule has 0 bridgehead atoms. The van der Waals surface area contributed by atoms with Gasteiger partial charge in [-0.1, -0.05) is 24.3 Å². The van der Waals surface area contributed by atoms with Crippen molar-refractivity contribution >= 4 is 16.6 Å². The molecule has 5 nitrogen and oxygen atoms in total. The van der Waals surface area contributed by atoms with Crippen LogP contribution in [0.2, 0.25) is 0 Å². The van der Waals surface area contributed by atoms with Gasteiger partial charge in [0.15, 0.2) is 5.69 Å². The predicted molar refractivity (Wildman–Crippen MR) is 102 cm³/mol. The highest BCUT2D eigenvalue weighted by Gasteiger charge is 2.32. The first-order valence-corrected chi connectivity index (χ1v) is 9.18. The molecule has 0 aliphatic heterocycles. The van der Waals surface area contributed by atoms with Gasteiger partial charge in [-0.25, -0.2) is 0 Å². The molecule has 2 aromatic carbocycles. The number of benzene rings is 2. The third-order valence-corrected chi connectivity index (χ3v) is 4.99. The molecule has 1 atom stereocenters. The highest BCUT2D eigenvalue weighted by Crippen LogP contribution is 2.38. The number of nitriles is 1. The number of hydrogen-bond acceptors (Lipinski definition) is 5. The van der Waals surface area contributed by atoms with E-state index in [4.69, 9.17) is 0 Å². The van der Waals surface area contributed by atoms with E-state index in [0.29, 0.717) is 33.6 Å². The van der Waals surface area contributed by atoms with Gasteiger partial charge in [0.05, 0.1) is 11.2 Å². The van der Waals surface area contributed by atoms with Gasteiger partial charge in [0.1, 0.15) is 11.8 Å². The maximum Gasteiger partial charge on any atom is 0.573 e. The summed E-state index contributed by atoms with van der Waals surface area (Å²) in [4.78, 5) is 0. The largest absolute Gasteiger partial charge is 0.573 e. The van der Waals surface area contributed by atoms with E-state index in [1.165, 1.54) is 12.1 Å². The lowest BCUT2D eigenvalue weighted by Gasteiger charge is -2.17. The first-order chi connectivity index (χ1) is 13.9. The van der Waals surface area contributed by atoms with Crippen molar-refractivity contribution in [1.29, 1.82) is 5.26 Å². The number of ether oxygens (including phenoxy) is 1. The Balaban J connectivity index is 1.77. The molecule has 29 heavy (non-hydrogen) atoms. The summed E-state index contributed by atoms with van der Waals surface area (Å²) in [5.74, 6) is 0.275. The SMILES string of the molecule is CC(Nc1c(C#N)nnc2cc(-c3ccccc3OC(F)(F)F)ccc12)C1CC1. The molecule has 1 heterocycles. The van der Waals surface area contributed by atoms with Gasteiger partial charge in [0.2, 0.25) is 0 Å². The summed E-state index contributed by atoms with van der Waals surface area (Å²) in [5.41, 5.74) is 2.08. The van der Waals surface area contributed by atoms with Crippen molar-refractivity contribution in [3.63, 3.8) is 0 Å². The van der Waals surface area contributed by atoms with E-state index in [-0.39, 0.29) is 17.5 Å². The number of aromatic nitrogens is 2. The minimum absolute atomic E-state index is 0.190. The van der Waals surface area contributed by atoms with Crippen LogP contribution in [0, 0.1) is 17.2 Å². The second kappa shape index (κ2) is 7.24. The lowest BCUT2D eigenvalue weighted by atomic mass is 10.0. The zero-order valence-corrected chi connectivity index (χ0v) is 15.5. The fourth-order valence-electron chi connectivity index (χ4n) is 3.36. The van der Waals surface area contributed by atoms with Crippen molar-refractivity contribution in [1.82, 2.24) is 10.2 Å². The van der Waals surface area contributed by atoms with Crippen LogP contribution >= 0.6 is 0 Å². The Hall–Kier alpha value is -3.34. The summed E-state index contributed by atoms with van der Waals surface area (Å²) >= 11 is 0. The van der Waals surface area contributed by atoms with Gasteiger partial charge in [0.25, 0.3) is 0 Å². The van der Waals surface area contributed by atoms with Gasteiger partial charge in [-0.05, 0) is 49.4 Å². The number of hydrogen-bond donors (Lipinski definition) is 1. The second-order valence-electron chi connectivity index (χ2n) is 7.08. The number of anilines is 1. The summed E-state index contributed by atoms with van der Waals surface area (Å²) < 4.78 is 42.4. The van der Waals surface area contributed by atoms with Crippen molar-refractivity contribution in [3.05, 3.63) is 48.2 Å². The third-order valence-electron chi connectivity index (χ3n) is 4.99. The first-order valence-electron chi connectivity index (χ1n) is 9.18. The van der Waals surface area contributed by atoms with E-state index in [9.17, 15) is 18.4 Å². The van der Waals surface area contributed by atoms with Gasteiger partial charge >= 0.3 is 6.36 Å². The Morgan fingerprint density at radius 2 is 1.93 bits per heavy atom. The summed E-state index contributed by atoms with van der Waals surface area (Å²) in [5, 5.41) is 21.6. The van der Waals surface area contributed by atoms with Gasteiger partial charge in [-0.15, -0.1) is 23.4 Å². The molecule has 1 fully saturated rings. The Morgan fingerprint density at radius 1 is 1.17 bits per heavy atom. The fraction of sp³-hybridized carbons (Fsp3) is 0.286. The van der Waals surface area contributed by atoms with Crippen LogP contribution in [0.1, 0.15) is 25.5 Å². The van der Waals surface area contributed by atoms with E-state index in [1.54, 1.807) is 30.3 Å².